The SMILES string of the molecule is COC(=NO)C(c1ccccc1)C1CCCCC1. The molecule has 98 valence electrons. The van der Waals surface area contributed by atoms with Crippen molar-refractivity contribution in [3.05, 3.63) is 35.9 Å². The van der Waals surface area contributed by atoms with Crippen molar-refractivity contribution in [3.63, 3.8) is 0 Å². The second-order valence-corrected chi connectivity index (χ2v) is 4.93. The molecule has 0 radical (unpaired) electrons. The summed E-state index contributed by atoms with van der Waals surface area (Å²) in [5, 5.41) is 12.5. The predicted molar refractivity (Wildman–Crippen MR) is 72.0 cm³/mol. The molecule has 18 heavy (non-hydrogen) atoms. The van der Waals surface area contributed by atoms with Gasteiger partial charge in [0.15, 0.2) is 0 Å². The summed E-state index contributed by atoms with van der Waals surface area (Å²) in [6.07, 6.45) is 6.20. The van der Waals surface area contributed by atoms with Gasteiger partial charge < -0.3 is 9.94 Å². The van der Waals surface area contributed by atoms with Crippen LogP contribution in [0.5, 0.6) is 0 Å². The number of benzene rings is 1. The Morgan fingerprint density at radius 3 is 2.44 bits per heavy atom. The third-order valence-electron chi connectivity index (χ3n) is 3.85. The largest absolute Gasteiger partial charge is 0.482 e. The molecule has 0 bridgehead atoms. The third kappa shape index (κ3) is 2.84. The van der Waals surface area contributed by atoms with Crippen LogP contribution < -0.4 is 0 Å². The van der Waals surface area contributed by atoms with Gasteiger partial charge in [-0.3, -0.25) is 0 Å². The highest BCUT2D eigenvalue weighted by Crippen LogP contribution is 2.37. The lowest BCUT2D eigenvalue weighted by Gasteiger charge is -2.30. The molecule has 3 nitrogen and oxygen atoms in total. The van der Waals surface area contributed by atoms with E-state index in [-0.39, 0.29) is 5.92 Å². The van der Waals surface area contributed by atoms with Gasteiger partial charge in [0.05, 0.1) is 13.0 Å². The van der Waals surface area contributed by atoms with Gasteiger partial charge in [0.1, 0.15) is 0 Å². The van der Waals surface area contributed by atoms with Crippen LogP contribution in [-0.4, -0.2) is 18.2 Å². The molecule has 0 heterocycles. The van der Waals surface area contributed by atoms with E-state index in [1.807, 2.05) is 18.2 Å². The molecule has 1 saturated carbocycles. The normalized spacial score (nSPS) is 19.5. The van der Waals surface area contributed by atoms with Crippen LogP contribution in [0.25, 0.3) is 0 Å². The first-order valence-corrected chi connectivity index (χ1v) is 6.67. The molecule has 1 fully saturated rings. The van der Waals surface area contributed by atoms with Gasteiger partial charge in [-0.05, 0) is 24.3 Å². The van der Waals surface area contributed by atoms with Crippen molar-refractivity contribution in [2.75, 3.05) is 7.11 Å². The Bertz CT molecular complexity index is 383. The molecule has 0 spiro atoms. The number of hydrogen-bond acceptors (Lipinski definition) is 3. The highest BCUT2D eigenvalue weighted by atomic mass is 16.5. The molecular weight excluding hydrogens is 226 g/mol. The van der Waals surface area contributed by atoms with E-state index in [4.69, 9.17) is 9.94 Å². The maximum absolute atomic E-state index is 9.15. The predicted octanol–water partition coefficient (Wildman–Crippen LogP) is 3.78. The molecule has 1 unspecified atom stereocenters. The molecule has 1 aliphatic carbocycles. The van der Waals surface area contributed by atoms with E-state index in [0.29, 0.717) is 11.8 Å². The first-order valence-electron chi connectivity index (χ1n) is 6.67. The summed E-state index contributed by atoms with van der Waals surface area (Å²) >= 11 is 0. The highest BCUT2D eigenvalue weighted by Gasteiger charge is 2.30. The monoisotopic (exact) mass is 247 g/mol. The van der Waals surface area contributed by atoms with E-state index in [0.717, 1.165) is 0 Å². The fraction of sp³-hybridized carbons (Fsp3) is 0.533. The Morgan fingerprint density at radius 1 is 1.22 bits per heavy atom. The van der Waals surface area contributed by atoms with Crippen molar-refractivity contribution < 1.29 is 9.94 Å². The lowest BCUT2D eigenvalue weighted by atomic mass is 9.76. The van der Waals surface area contributed by atoms with Gasteiger partial charge in [0, 0.05) is 0 Å². The van der Waals surface area contributed by atoms with Crippen molar-refractivity contribution in [2.24, 2.45) is 11.1 Å². The molecule has 0 aliphatic heterocycles. The van der Waals surface area contributed by atoms with Crippen LogP contribution in [0.15, 0.2) is 35.5 Å². The maximum atomic E-state index is 9.15. The summed E-state index contributed by atoms with van der Waals surface area (Å²) in [7, 11) is 1.58. The lowest BCUT2D eigenvalue weighted by molar-refractivity contribution is 0.254. The summed E-state index contributed by atoms with van der Waals surface area (Å²) in [6.45, 7) is 0. The second kappa shape index (κ2) is 6.43. The van der Waals surface area contributed by atoms with Gasteiger partial charge in [-0.25, -0.2) is 0 Å². The molecule has 1 atom stereocenters. The molecule has 0 saturated heterocycles. The first-order chi connectivity index (χ1) is 8.86. The summed E-state index contributed by atoms with van der Waals surface area (Å²) in [5.74, 6) is 1.04. The second-order valence-electron chi connectivity index (χ2n) is 4.93. The molecule has 1 aliphatic rings. The number of methoxy groups -OCH3 is 1. The Labute approximate surface area is 108 Å². The summed E-state index contributed by atoms with van der Waals surface area (Å²) < 4.78 is 5.27. The Morgan fingerprint density at radius 2 is 1.89 bits per heavy atom. The van der Waals surface area contributed by atoms with Crippen molar-refractivity contribution in [3.8, 4) is 0 Å². The maximum Gasteiger partial charge on any atom is 0.233 e. The van der Waals surface area contributed by atoms with Crippen LogP contribution in [0.1, 0.15) is 43.6 Å². The van der Waals surface area contributed by atoms with Gasteiger partial charge in [-0.15, -0.1) is 0 Å². The number of ether oxygens (including phenoxy) is 1. The van der Waals surface area contributed by atoms with Crippen LogP contribution in [0, 0.1) is 5.92 Å². The van der Waals surface area contributed by atoms with Crippen molar-refractivity contribution in [2.45, 2.75) is 38.0 Å². The molecule has 0 amide bonds. The third-order valence-corrected chi connectivity index (χ3v) is 3.85. The van der Waals surface area contributed by atoms with Crippen molar-refractivity contribution in [1.82, 2.24) is 0 Å². The minimum absolute atomic E-state index is 0.0847. The van der Waals surface area contributed by atoms with E-state index >= 15 is 0 Å². The van der Waals surface area contributed by atoms with Gasteiger partial charge in [-0.1, -0.05) is 54.8 Å². The smallest absolute Gasteiger partial charge is 0.233 e. The number of nitrogens with zero attached hydrogens (tertiary/aromatic N) is 1. The van der Waals surface area contributed by atoms with Crippen LogP contribution in [0.2, 0.25) is 0 Å². The van der Waals surface area contributed by atoms with Crippen LogP contribution in [-0.2, 0) is 4.74 Å². The van der Waals surface area contributed by atoms with Gasteiger partial charge in [-0.2, -0.15) is 0 Å². The number of oxime groups is 1. The van der Waals surface area contributed by atoms with Gasteiger partial charge in [0.25, 0.3) is 0 Å². The molecular formula is C15H21NO2. The minimum Gasteiger partial charge on any atom is -0.482 e. The fourth-order valence-electron chi connectivity index (χ4n) is 2.97. The van der Waals surface area contributed by atoms with E-state index in [1.165, 1.54) is 37.7 Å². The zero-order chi connectivity index (χ0) is 12.8. The molecule has 1 N–H and O–H groups in total. The van der Waals surface area contributed by atoms with Crippen LogP contribution in [0.3, 0.4) is 0 Å². The Kier molecular flexibility index (Phi) is 4.62. The summed E-state index contributed by atoms with van der Waals surface area (Å²) in [5.41, 5.74) is 1.18. The minimum atomic E-state index is 0.0847. The zero-order valence-electron chi connectivity index (χ0n) is 10.9. The van der Waals surface area contributed by atoms with Gasteiger partial charge in [0.2, 0.25) is 5.90 Å². The molecule has 1 aromatic rings. The zero-order valence-corrected chi connectivity index (χ0v) is 10.9. The molecule has 1 aromatic carbocycles. The lowest BCUT2D eigenvalue weighted by Crippen LogP contribution is -2.25. The molecule has 3 heteroatoms. The first kappa shape index (κ1) is 12.9. The summed E-state index contributed by atoms with van der Waals surface area (Å²) in [6, 6.07) is 10.2. The Hall–Kier alpha value is -1.51. The van der Waals surface area contributed by atoms with Crippen LogP contribution >= 0.6 is 0 Å². The molecule has 0 aromatic heterocycles. The number of rotatable bonds is 3. The van der Waals surface area contributed by atoms with E-state index in [1.54, 1.807) is 7.11 Å². The topological polar surface area (TPSA) is 41.8 Å². The number of hydrogen-bond donors (Lipinski definition) is 1. The molecule has 2 rings (SSSR count). The van der Waals surface area contributed by atoms with Crippen molar-refractivity contribution >= 4 is 5.90 Å². The average Bonchev–Trinajstić information content (AvgIpc) is 2.46. The van der Waals surface area contributed by atoms with E-state index in [2.05, 4.69) is 17.3 Å². The van der Waals surface area contributed by atoms with Gasteiger partial charge >= 0.3 is 0 Å². The Balaban J connectivity index is 2.27. The summed E-state index contributed by atoms with van der Waals surface area (Å²) in [4.78, 5) is 0. The standard InChI is InChI=1S/C15H21NO2/c1-18-15(16-17)14(12-8-4-2-5-9-12)13-10-6-3-7-11-13/h2,4-5,8-9,13-14,17H,3,6-7,10-11H2,1H3. The van der Waals surface area contributed by atoms with Crippen molar-refractivity contribution in [1.29, 1.82) is 0 Å². The van der Waals surface area contributed by atoms with E-state index in [9.17, 15) is 0 Å². The highest BCUT2D eigenvalue weighted by molar-refractivity contribution is 5.83. The quantitative estimate of drug-likeness (QED) is 0.382. The average molecular weight is 247 g/mol. The fourth-order valence-corrected chi connectivity index (χ4v) is 2.97. The van der Waals surface area contributed by atoms with E-state index < -0.39 is 0 Å². The van der Waals surface area contributed by atoms with Crippen LogP contribution in [0.4, 0.5) is 0 Å².